The van der Waals surface area contributed by atoms with E-state index in [0.717, 1.165) is 67.5 Å². The highest BCUT2D eigenvalue weighted by Crippen LogP contribution is 2.52. The number of pyridine rings is 4. The smallest absolute Gasteiger partial charge is 0.137 e. The van der Waals surface area contributed by atoms with Crippen molar-refractivity contribution in [3.63, 3.8) is 0 Å². The van der Waals surface area contributed by atoms with Gasteiger partial charge in [0, 0.05) is 57.6 Å². The lowest BCUT2D eigenvalue weighted by molar-refractivity contribution is 1.08. The highest BCUT2D eigenvalue weighted by molar-refractivity contribution is 6.19. The Morgan fingerprint density at radius 3 is 1.74 bits per heavy atom. The lowest BCUT2D eigenvalue weighted by atomic mass is 9.90. The summed E-state index contributed by atoms with van der Waals surface area (Å²) in [6.45, 7) is 0. The minimum Gasteiger partial charge on any atom is -0.294 e. The first-order valence-corrected chi connectivity index (χ1v) is 18.0. The minimum atomic E-state index is 0.837. The van der Waals surface area contributed by atoms with Gasteiger partial charge >= 0.3 is 0 Å². The van der Waals surface area contributed by atoms with E-state index in [1.165, 1.54) is 32.8 Å². The number of rotatable bonds is 5. The van der Waals surface area contributed by atoms with Crippen molar-refractivity contribution in [2.45, 2.75) is 0 Å². The Morgan fingerprint density at radius 2 is 1.06 bits per heavy atom. The molecule has 252 valence electrons. The molecule has 5 aromatic carbocycles. The van der Waals surface area contributed by atoms with Crippen molar-refractivity contribution in [1.82, 2.24) is 24.5 Å². The average Bonchev–Trinajstić information content (AvgIpc) is 3.57. The van der Waals surface area contributed by atoms with Gasteiger partial charge in [0.2, 0.25) is 0 Å². The van der Waals surface area contributed by atoms with E-state index in [4.69, 9.17) is 9.97 Å². The molecule has 0 fully saturated rings. The Balaban J connectivity index is 1.18. The van der Waals surface area contributed by atoms with E-state index in [9.17, 15) is 0 Å². The highest BCUT2D eigenvalue weighted by atomic mass is 15.2. The fourth-order valence-electron chi connectivity index (χ4n) is 8.03. The molecule has 0 saturated heterocycles. The van der Waals surface area contributed by atoms with Crippen LogP contribution in [0, 0.1) is 0 Å². The SMILES string of the molecule is c1ccc(-c2ccc3c(c2)c2cc4c(cc2n3-c2ccc(-c3ccccn3)cn2)N(c2ccc(-c3ccccn3)cn2)c2cccc3cccc-4c23)cc1. The topological polar surface area (TPSA) is 59.7 Å². The summed E-state index contributed by atoms with van der Waals surface area (Å²) < 4.78 is 2.29. The average molecular weight is 691 g/mol. The maximum atomic E-state index is 5.09. The van der Waals surface area contributed by atoms with Gasteiger partial charge in [-0.25, -0.2) is 9.97 Å². The highest BCUT2D eigenvalue weighted by Gasteiger charge is 2.29. The quantitative estimate of drug-likeness (QED) is 0.180. The molecule has 0 spiro atoms. The summed E-state index contributed by atoms with van der Waals surface area (Å²) in [5.74, 6) is 1.67. The number of nitrogens with zero attached hydrogens (tertiary/aromatic N) is 6. The van der Waals surface area contributed by atoms with Crippen LogP contribution in [0.1, 0.15) is 0 Å². The summed E-state index contributed by atoms with van der Waals surface area (Å²) in [4.78, 5) is 21.6. The Labute approximate surface area is 311 Å². The molecule has 1 aliphatic heterocycles. The Morgan fingerprint density at radius 1 is 0.389 bits per heavy atom. The second kappa shape index (κ2) is 12.1. The van der Waals surface area contributed by atoms with Gasteiger partial charge in [-0.05, 0) is 101 Å². The van der Waals surface area contributed by atoms with Crippen LogP contribution in [0.5, 0.6) is 0 Å². The van der Waals surface area contributed by atoms with Gasteiger partial charge in [0.25, 0.3) is 0 Å². The van der Waals surface area contributed by atoms with Crippen LogP contribution in [-0.2, 0) is 0 Å². The van der Waals surface area contributed by atoms with Crippen LogP contribution >= 0.6 is 0 Å². The van der Waals surface area contributed by atoms with Crippen molar-refractivity contribution in [3.05, 3.63) is 183 Å². The van der Waals surface area contributed by atoms with Crippen LogP contribution < -0.4 is 4.90 Å². The maximum Gasteiger partial charge on any atom is 0.137 e. The van der Waals surface area contributed by atoms with Gasteiger partial charge in [0.1, 0.15) is 11.6 Å². The number of aromatic nitrogens is 5. The molecular formula is C48H30N6. The second-order valence-electron chi connectivity index (χ2n) is 13.6. The van der Waals surface area contributed by atoms with E-state index in [-0.39, 0.29) is 0 Å². The van der Waals surface area contributed by atoms with Gasteiger partial charge in [0.05, 0.1) is 33.8 Å². The molecule has 6 heteroatoms. The van der Waals surface area contributed by atoms with Crippen molar-refractivity contribution >= 4 is 49.8 Å². The van der Waals surface area contributed by atoms with Gasteiger partial charge in [-0.2, -0.15) is 0 Å². The molecule has 0 amide bonds. The van der Waals surface area contributed by atoms with Crippen LogP contribution in [0.3, 0.4) is 0 Å². The molecule has 0 atom stereocenters. The fourth-order valence-corrected chi connectivity index (χ4v) is 8.03. The number of fused-ring (bicyclic) bond motifs is 5. The second-order valence-corrected chi connectivity index (χ2v) is 13.6. The summed E-state index contributed by atoms with van der Waals surface area (Å²) in [5.41, 5.74) is 12.8. The van der Waals surface area contributed by atoms with Crippen LogP contribution in [0.2, 0.25) is 0 Å². The summed E-state index contributed by atoms with van der Waals surface area (Å²) >= 11 is 0. The summed E-state index contributed by atoms with van der Waals surface area (Å²) in [7, 11) is 0. The molecule has 5 aromatic heterocycles. The summed E-state index contributed by atoms with van der Waals surface area (Å²) in [6, 6.07) is 55.5. The van der Waals surface area contributed by atoms with E-state index in [1.54, 1.807) is 0 Å². The summed E-state index contributed by atoms with van der Waals surface area (Å²) in [5, 5.41) is 4.73. The molecule has 11 rings (SSSR count). The number of hydrogen-bond acceptors (Lipinski definition) is 5. The standard InChI is InChI=1S/C48H30N6/c1-2-10-31(11-3-1)33-18-21-42-37(26-33)39-27-38-36-14-8-12-32-13-9-17-43(48(32)36)54(47-23-20-35(30-52-47)41-16-5-7-25-50-41)44(38)28-45(39)53(42)46-22-19-34(29-51-46)40-15-4-6-24-49-40/h1-30H. The van der Waals surface area contributed by atoms with Crippen LogP contribution in [0.4, 0.5) is 17.2 Å². The Kier molecular flexibility index (Phi) is 6.75. The van der Waals surface area contributed by atoms with Crippen LogP contribution in [0.25, 0.3) is 83.2 Å². The summed E-state index contributed by atoms with van der Waals surface area (Å²) in [6.07, 6.45) is 7.47. The first-order chi connectivity index (χ1) is 26.8. The monoisotopic (exact) mass is 690 g/mol. The van der Waals surface area contributed by atoms with Gasteiger partial charge in [-0.15, -0.1) is 0 Å². The van der Waals surface area contributed by atoms with E-state index in [1.807, 2.05) is 61.2 Å². The Bertz CT molecular complexity index is 3010. The zero-order chi connectivity index (χ0) is 35.6. The van der Waals surface area contributed by atoms with Gasteiger partial charge in [0.15, 0.2) is 0 Å². The zero-order valence-electron chi connectivity index (χ0n) is 29.0. The third-order valence-electron chi connectivity index (χ3n) is 10.5. The number of hydrogen-bond donors (Lipinski definition) is 0. The molecule has 0 radical (unpaired) electrons. The first kappa shape index (κ1) is 30.2. The number of anilines is 3. The fraction of sp³-hybridized carbons (Fsp3) is 0. The van der Waals surface area contributed by atoms with Gasteiger partial charge in [-0.1, -0.05) is 78.9 Å². The normalized spacial score (nSPS) is 12.0. The Hall–Kier alpha value is -7.44. The van der Waals surface area contributed by atoms with E-state index < -0.39 is 0 Å². The van der Waals surface area contributed by atoms with Crippen molar-refractivity contribution in [3.8, 4) is 50.6 Å². The molecule has 0 aliphatic carbocycles. The third-order valence-corrected chi connectivity index (χ3v) is 10.5. The lowest BCUT2D eigenvalue weighted by Gasteiger charge is -2.33. The molecule has 6 nitrogen and oxygen atoms in total. The molecule has 6 heterocycles. The van der Waals surface area contributed by atoms with Crippen LogP contribution in [-0.4, -0.2) is 24.5 Å². The molecule has 0 N–H and O–H groups in total. The zero-order valence-corrected chi connectivity index (χ0v) is 29.0. The van der Waals surface area contributed by atoms with Crippen molar-refractivity contribution in [2.24, 2.45) is 0 Å². The number of benzene rings is 5. The first-order valence-electron chi connectivity index (χ1n) is 18.0. The van der Waals surface area contributed by atoms with E-state index in [2.05, 4.69) is 141 Å². The predicted octanol–water partition coefficient (Wildman–Crippen LogP) is 12.0. The van der Waals surface area contributed by atoms with Crippen molar-refractivity contribution < 1.29 is 0 Å². The lowest BCUT2D eigenvalue weighted by Crippen LogP contribution is -2.16. The van der Waals surface area contributed by atoms with Crippen LogP contribution in [0.15, 0.2) is 183 Å². The van der Waals surface area contributed by atoms with Gasteiger partial charge in [-0.3, -0.25) is 19.4 Å². The molecule has 0 saturated carbocycles. The third kappa shape index (κ3) is 4.74. The largest absolute Gasteiger partial charge is 0.294 e. The molecule has 1 aliphatic rings. The molecule has 0 unspecified atom stereocenters. The van der Waals surface area contributed by atoms with E-state index >= 15 is 0 Å². The molecular weight excluding hydrogens is 661 g/mol. The molecule has 10 aromatic rings. The van der Waals surface area contributed by atoms with Crippen molar-refractivity contribution in [1.29, 1.82) is 0 Å². The van der Waals surface area contributed by atoms with E-state index in [0.29, 0.717) is 0 Å². The molecule has 0 bridgehead atoms. The molecule has 54 heavy (non-hydrogen) atoms. The van der Waals surface area contributed by atoms with Gasteiger partial charge < -0.3 is 0 Å². The van der Waals surface area contributed by atoms with Crippen molar-refractivity contribution in [2.75, 3.05) is 4.90 Å². The predicted molar refractivity (Wildman–Crippen MR) is 219 cm³/mol. The minimum absolute atomic E-state index is 0.837. The maximum absolute atomic E-state index is 5.09.